The molecule has 0 radical (unpaired) electrons. The molecule has 28 heavy (non-hydrogen) atoms. The summed E-state index contributed by atoms with van der Waals surface area (Å²) in [7, 11) is 2.42. The maximum atomic E-state index is 12.8. The second-order valence-corrected chi connectivity index (χ2v) is 8.60. The molecule has 152 valence electrons. The number of aryl methyl sites for hydroxylation is 1. The summed E-state index contributed by atoms with van der Waals surface area (Å²) in [6.45, 7) is -0.214. The van der Waals surface area contributed by atoms with Crippen molar-refractivity contribution in [3.8, 4) is 5.75 Å². The smallest absolute Gasteiger partial charge is 0.341 e. The first-order chi connectivity index (χ1) is 13.0. The fraction of sp³-hybridized carbons (Fsp3) is 0.333. The molecule has 0 aliphatic rings. The maximum absolute atomic E-state index is 12.8. The first kappa shape index (κ1) is 21.5. The quantitative estimate of drug-likeness (QED) is 0.697. The molecule has 0 bridgehead atoms. The van der Waals surface area contributed by atoms with Crippen molar-refractivity contribution >= 4 is 21.9 Å². The van der Waals surface area contributed by atoms with Gasteiger partial charge < -0.3 is 19.3 Å². The summed E-state index contributed by atoms with van der Waals surface area (Å²) in [4.78, 5) is 24.9. The first-order valence-electron chi connectivity index (χ1n) is 8.30. The van der Waals surface area contributed by atoms with Crippen LogP contribution in [0.4, 0.5) is 0 Å². The molecule has 1 amide bonds. The highest BCUT2D eigenvalue weighted by atomic mass is 32.2. The van der Waals surface area contributed by atoms with Gasteiger partial charge in [0.25, 0.3) is 5.91 Å². The third kappa shape index (κ3) is 4.90. The monoisotopic (exact) mass is 409 g/mol. The normalized spacial score (nSPS) is 11.5. The van der Waals surface area contributed by atoms with Gasteiger partial charge in [0.15, 0.2) is 6.61 Å². The minimum atomic E-state index is -3.64. The van der Waals surface area contributed by atoms with Gasteiger partial charge in [0.2, 0.25) is 10.0 Å². The zero-order valence-corrected chi connectivity index (χ0v) is 16.9. The molecule has 0 fully saturated rings. The molecule has 0 atom stereocenters. The number of hydrogen-bond donors (Lipinski definition) is 1. The Kier molecular flexibility index (Phi) is 6.47. The summed E-state index contributed by atoms with van der Waals surface area (Å²) in [6, 6.07) is 8.11. The Labute approximate surface area is 163 Å². The van der Waals surface area contributed by atoms with E-state index >= 15 is 0 Å². The van der Waals surface area contributed by atoms with E-state index in [0.29, 0.717) is 5.75 Å². The van der Waals surface area contributed by atoms with E-state index in [9.17, 15) is 18.0 Å². The number of nitrogens with zero attached hydrogens (tertiary/aromatic N) is 3. The van der Waals surface area contributed by atoms with E-state index in [0.717, 1.165) is 9.87 Å². The van der Waals surface area contributed by atoms with E-state index in [-0.39, 0.29) is 23.0 Å². The predicted molar refractivity (Wildman–Crippen MR) is 102 cm³/mol. The molecule has 9 nitrogen and oxygen atoms in total. The first-order valence-corrected chi connectivity index (χ1v) is 9.74. The van der Waals surface area contributed by atoms with Crippen LogP contribution >= 0.6 is 0 Å². The Morgan fingerprint density at radius 1 is 1.18 bits per heavy atom. The van der Waals surface area contributed by atoms with Gasteiger partial charge in [0.1, 0.15) is 16.3 Å². The molecular formula is C18H23N3O6S. The zero-order valence-electron chi connectivity index (χ0n) is 16.1. The third-order valence-electron chi connectivity index (χ3n) is 4.00. The molecule has 2 rings (SSSR count). The molecular weight excluding hydrogens is 386 g/mol. The lowest BCUT2D eigenvalue weighted by Crippen LogP contribution is -2.27. The van der Waals surface area contributed by atoms with Gasteiger partial charge in [-0.25, -0.2) is 17.5 Å². The van der Waals surface area contributed by atoms with Gasteiger partial charge in [-0.05, 0) is 23.8 Å². The molecule has 10 heteroatoms. The molecule has 0 aliphatic carbocycles. The number of carbonyl (C=O) groups excluding carboxylic acids is 1. The number of carboxylic acids is 1. The second kappa shape index (κ2) is 8.44. The van der Waals surface area contributed by atoms with Crippen LogP contribution in [0.25, 0.3) is 0 Å². The number of hydrogen-bond acceptors (Lipinski definition) is 5. The van der Waals surface area contributed by atoms with E-state index in [1.54, 1.807) is 38.4 Å². The molecule has 0 saturated heterocycles. The number of ether oxygens (including phenoxy) is 1. The summed E-state index contributed by atoms with van der Waals surface area (Å²) in [6.07, 6.45) is 1.40. The van der Waals surface area contributed by atoms with Gasteiger partial charge in [-0.3, -0.25) is 4.79 Å². The molecule has 1 aromatic heterocycles. The van der Waals surface area contributed by atoms with Gasteiger partial charge in [-0.1, -0.05) is 12.1 Å². The maximum Gasteiger partial charge on any atom is 0.341 e. The number of carbonyl (C=O) groups is 2. The Morgan fingerprint density at radius 2 is 1.86 bits per heavy atom. The lowest BCUT2D eigenvalue weighted by molar-refractivity contribution is -0.139. The van der Waals surface area contributed by atoms with E-state index in [1.807, 2.05) is 0 Å². The van der Waals surface area contributed by atoms with Gasteiger partial charge >= 0.3 is 5.97 Å². The Morgan fingerprint density at radius 3 is 2.46 bits per heavy atom. The topological polar surface area (TPSA) is 109 Å². The summed E-state index contributed by atoms with van der Waals surface area (Å²) >= 11 is 0. The van der Waals surface area contributed by atoms with Crippen molar-refractivity contribution < 1.29 is 27.9 Å². The van der Waals surface area contributed by atoms with E-state index in [1.165, 1.54) is 35.8 Å². The van der Waals surface area contributed by atoms with Gasteiger partial charge in [0.05, 0.1) is 0 Å². The molecule has 2 aromatic rings. The zero-order chi connectivity index (χ0) is 21.1. The van der Waals surface area contributed by atoms with Crippen molar-refractivity contribution in [2.45, 2.75) is 11.4 Å². The Balaban J connectivity index is 2.17. The van der Waals surface area contributed by atoms with Crippen LogP contribution in [0, 0.1) is 0 Å². The van der Waals surface area contributed by atoms with E-state index in [2.05, 4.69) is 0 Å². The van der Waals surface area contributed by atoms with Gasteiger partial charge in [0, 0.05) is 40.9 Å². The summed E-state index contributed by atoms with van der Waals surface area (Å²) in [5.41, 5.74) is 0.982. The summed E-state index contributed by atoms with van der Waals surface area (Å²) < 4.78 is 32.2. The van der Waals surface area contributed by atoms with Crippen LogP contribution in [-0.4, -0.2) is 66.9 Å². The minimum Gasteiger partial charge on any atom is -0.482 e. The van der Waals surface area contributed by atoms with Crippen molar-refractivity contribution in [1.29, 1.82) is 0 Å². The molecule has 1 heterocycles. The standard InChI is InChI=1S/C18H23N3O6S/c1-19(2)28(25,26)15-9-16(20(3)11-15)18(24)21(4)10-13-6-5-7-14(8-13)27-12-17(22)23/h5-9,11H,10,12H2,1-4H3,(H,22,23). The number of benzene rings is 1. The van der Waals surface area contributed by atoms with Crippen LogP contribution in [-0.2, 0) is 28.4 Å². The van der Waals surface area contributed by atoms with Gasteiger partial charge in [-0.2, -0.15) is 0 Å². The highest BCUT2D eigenvalue weighted by Gasteiger charge is 2.24. The summed E-state index contributed by atoms with van der Waals surface area (Å²) in [5, 5.41) is 8.68. The fourth-order valence-electron chi connectivity index (χ4n) is 2.52. The van der Waals surface area contributed by atoms with Crippen molar-refractivity contribution in [3.05, 3.63) is 47.8 Å². The molecule has 1 N–H and O–H groups in total. The van der Waals surface area contributed by atoms with Crippen LogP contribution in [0.1, 0.15) is 16.1 Å². The number of carboxylic acid groups (broad SMARTS) is 1. The molecule has 0 aliphatic heterocycles. The SMILES string of the molecule is CN(Cc1cccc(OCC(=O)O)c1)C(=O)c1cc(S(=O)(=O)N(C)C)cn1C. The third-order valence-corrected chi connectivity index (χ3v) is 5.79. The average molecular weight is 409 g/mol. The number of rotatable bonds is 8. The molecule has 0 spiro atoms. The van der Waals surface area contributed by atoms with Crippen LogP contribution in [0.5, 0.6) is 5.75 Å². The highest BCUT2D eigenvalue weighted by molar-refractivity contribution is 7.89. The van der Waals surface area contributed by atoms with E-state index < -0.39 is 22.6 Å². The Bertz CT molecular complexity index is 981. The van der Waals surface area contributed by atoms with E-state index in [4.69, 9.17) is 9.84 Å². The number of amides is 1. The second-order valence-electron chi connectivity index (χ2n) is 6.45. The fourth-order valence-corrected chi connectivity index (χ4v) is 3.49. The van der Waals surface area contributed by atoms with Gasteiger partial charge in [-0.15, -0.1) is 0 Å². The van der Waals surface area contributed by atoms with Crippen molar-refractivity contribution in [3.63, 3.8) is 0 Å². The minimum absolute atomic E-state index is 0.0424. The largest absolute Gasteiger partial charge is 0.482 e. The van der Waals surface area contributed by atoms with Crippen molar-refractivity contribution in [2.24, 2.45) is 7.05 Å². The average Bonchev–Trinajstić information content (AvgIpc) is 3.02. The van der Waals surface area contributed by atoms with Crippen LogP contribution in [0.15, 0.2) is 41.4 Å². The predicted octanol–water partition coefficient (Wildman–Crippen LogP) is 1.01. The lowest BCUT2D eigenvalue weighted by atomic mass is 10.2. The molecule has 0 saturated carbocycles. The van der Waals surface area contributed by atoms with Crippen molar-refractivity contribution in [2.75, 3.05) is 27.7 Å². The number of aromatic nitrogens is 1. The molecule has 0 unspecified atom stereocenters. The van der Waals surface area contributed by atoms with Crippen LogP contribution in [0.3, 0.4) is 0 Å². The number of aliphatic carboxylic acids is 1. The van der Waals surface area contributed by atoms with Crippen molar-refractivity contribution in [1.82, 2.24) is 13.8 Å². The summed E-state index contributed by atoms with van der Waals surface area (Å²) in [5.74, 6) is -1.04. The number of sulfonamides is 1. The van der Waals surface area contributed by atoms with Crippen LogP contribution in [0.2, 0.25) is 0 Å². The highest BCUT2D eigenvalue weighted by Crippen LogP contribution is 2.19. The lowest BCUT2D eigenvalue weighted by Gasteiger charge is -2.18. The van der Waals surface area contributed by atoms with Crippen LogP contribution < -0.4 is 4.74 Å². The Hall–Kier alpha value is -2.85. The molecule has 1 aromatic carbocycles.